The minimum absolute atomic E-state index is 0.316. The van der Waals surface area contributed by atoms with Crippen LogP contribution in [-0.2, 0) is 9.53 Å². The third-order valence-corrected chi connectivity index (χ3v) is 3.41. The zero-order valence-electron chi connectivity index (χ0n) is 12.1. The first-order chi connectivity index (χ1) is 10.5. The number of aryl methyl sites for hydroxylation is 1. The van der Waals surface area contributed by atoms with Gasteiger partial charge in [0.15, 0.2) is 3.77 Å². The summed E-state index contributed by atoms with van der Waals surface area (Å²) in [4.78, 5) is 23.7. The monoisotopic (exact) mass is 411 g/mol. The third-order valence-electron chi connectivity index (χ3n) is 2.83. The number of esters is 1. The minimum Gasteiger partial charge on any atom is -0.465 e. The molecule has 0 saturated carbocycles. The summed E-state index contributed by atoms with van der Waals surface area (Å²) in [5.74, 6) is -0.277. The molecule has 0 atom stereocenters. The lowest BCUT2D eigenvalue weighted by molar-refractivity contribution is -0.111. The molecule has 0 fully saturated rings. The van der Waals surface area contributed by atoms with E-state index in [2.05, 4.69) is 5.32 Å². The van der Waals surface area contributed by atoms with Gasteiger partial charge in [0.1, 0.15) is 5.76 Å². The Morgan fingerprint density at radius 1 is 1.27 bits per heavy atom. The van der Waals surface area contributed by atoms with Gasteiger partial charge in [0.05, 0.1) is 18.4 Å². The maximum atomic E-state index is 11.9. The lowest BCUT2D eigenvalue weighted by Crippen LogP contribution is -2.13. The second kappa shape index (κ2) is 7.26. The number of nitrogens with one attached hydrogen (secondary N) is 1. The predicted molar refractivity (Wildman–Crippen MR) is 91.6 cm³/mol. The van der Waals surface area contributed by atoms with E-state index < -0.39 is 5.97 Å². The molecule has 2 rings (SSSR count). The topological polar surface area (TPSA) is 68.5 Å². The number of furan rings is 1. The molecule has 0 aliphatic rings. The zero-order valence-corrected chi connectivity index (χ0v) is 14.2. The molecule has 1 aromatic carbocycles. The van der Waals surface area contributed by atoms with Gasteiger partial charge in [-0.3, -0.25) is 4.79 Å². The van der Waals surface area contributed by atoms with Gasteiger partial charge in [-0.25, -0.2) is 4.79 Å². The summed E-state index contributed by atoms with van der Waals surface area (Å²) < 4.78 is 10.8. The van der Waals surface area contributed by atoms with Gasteiger partial charge in [-0.1, -0.05) is 11.6 Å². The quantitative estimate of drug-likeness (QED) is 0.474. The van der Waals surface area contributed by atoms with Crippen LogP contribution in [0.2, 0.25) is 0 Å². The van der Waals surface area contributed by atoms with E-state index in [0.29, 0.717) is 17.0 Å². The molecule has 1 aromatic heterocycles. The highest BCUT2D eigenvalue weighted by Crippen LogP contribution is 2.19. The summed E-state index contributed by atoms with van der Waals surface area (Å²) in [5, 5.41) is 2.66. The highest BCUT2D eigenvalue weighted by molar-refractivity contribution is 14.1. The number of benzene rings is 1. The Balaban J connectivity index is 2.14. The van der Waals surface area contributed by atoms with Gasteiger partial charge in [0.25, 0.3) is 0 Å². The molecule has 6 heteroatoms. The van der Waals surface area contributed by atoms with Crippen molar-refractivity contribution >= 4 is 46.2 Å². The van der Waals surface area contributed by atoms with Crippen molar-refractivity contribution in [1.82, 2.24) is 0 Å². The fourth-order valence-corrected chi connectivity index (χ4v) is 2.23. The first-order valence-electron chi connectivity index (χ1n) is 6.43. The molecule has 0 aliphatic carbocycles. The molecule has 0 radical (unpaired) electrons. The summed E-state index contributed by atoms with van der Waals surface area (Å²) in [6.07, 6.45) is 2.90. The summed E-state index contributed by atoms with van der Waals surface area (Å²) in [7, 11) is 1.30. The number of anilines is 1. The first kappa shape index (κ1) is 16.3. The molecule has 2 aromatic rings. The van der Waals surface area contributed by atoms with Gasteiger partial charge >= 0.3 is 5.97 Å². The maximum Gasteiger partial charge on any atom is 0.339 e. The summed E-state index contributed by atoms with van der Waals surface area (Å²) in [5.41, 5.74) is 1.62. The number of methoxy groups -OCH3 is 1. The van der Waals surface area contributed by atoms with E-state index >= 15 is 0 Å². The standard InChI is InChI=1S/C16H14INO4/c1-10-3-6-13(12(9-10)16(20)21-2)18-15(19)8-5-11-4-7-14(17)22-11/h3-9H,1-2H3,(H,18,19)/b8-5+. The lowest BCUT2D eigenvalue weighted by Gasteiger charge is -2.09. The van der Waals surface area contributed by atoms with Crippen LogP contribution in [0.25, 0.3) is 6.08 Å². The van der Waals surface area contributed by atoms with Gasteiger partial charge in [-0.15, -0.1) is 0 Å². The van der Waals surface area contributed by atoms with Gasteiger partial charge in [0.2, 0.25) is 5.91 Å². The lowest BCUT2D eigenvalue weighted by atomic mass is 10.1. The molecule has 1 N–H and O–H groups in total. The van der Waals surface area contributed by atoms with Crippen LogP contribution in [0, 0.1) is 10.7 Å². The Bertz CT molecular complexity index is 733. The van der Waals surface area contributed by atoms with Gasteiger partial charge < -0.3 is 14.5 Å². The van der Waals surface area contributed by atoms with Crippen molar-refractivity contribution in [2.45, 2.75) is 6.92 Å². The van der Waals surface area contributed by atoms with E-state index in [0.717, 1.165) is 9.33 Å². The molecule has 0 bridgehead atoms. The van der Waals surface area contributed by atoms with E-state index in [1.165, 1.54) is 13.2 Å². The average molecular weight is 411 g/mol. The van der Waals surface area contributed by atoms with Gasteiger partial charge in [0, 0.05) is 6.08 Å². The summed E-state index contributed by atoms with van der Waals surface area (Å²) in [6, 6.07) is 8.70. The molecule has 0 unspecified atom stereocenters. The number of amides is 1. The van der Waals surface area contributed by atoms with Crippen LogP contribution in [0.3, 0.4) is 0 Å². The number of rotatable bonds is 4. The Hall–Kier alpha value is -2.09. The number of ether oxygens (including phenoxy) is 1. The Morgan fingerprint density at radius 3 is 2.68 bits per heavy atom. The van der Waals surface area contributed by atoms with Crippen LogP contribution >= 0.6 is 22.6 Å². The van der Waals surface area contributed by atoms with E-state index in [4.69, 9.17) is 9.15 Å². The van der Waals surface area contributed by atoms with E-state index in [1.54, 1.807) is 36.4 Å². The van der Waals surface area contributed by atoms with Crippen molar-refractivity contribution < 1.29 is 18.7 Å². The molecule has 0 saturated heterocycles. The molecule has 5 nitrogen and oxygen atoms in total. The van der Waals surface area contributed by atoms with Crippen molar-refractivity contribution in [2.24, 2.45) is 0 Å². The smallest absolute Gasteiger partial charge is 0.339 e. The Morgan fingerprint density at radius 2 is 2.05 bits per heavy atom. The molecule has 22 heavy (non-hydrogen) atoms. The van der Waals surface area contributed by atoms with Crippen molar-refractivity contribution in [3.8, 4) is 0 Å². The molecule has 114 valence electrons. The molecule has 1 amide bonds. The second-order valence-corrected chi connectivity index (χ2v) is 5.57. The molecular weight excluding hydrogens is 397 g/mol. The highest BCUT2D eigenvalue weighted by atomic mass is 127. The minimum atomic E-state index is -0.497. The average Bonchev–Trinajstić information content (AvgIpc) is 2.92. The van der Waals surface area contributed by atoms with Crippen LogP contribution in [-0.4, -0.2) is 19.0 Å². The van der Waals surface area contributed by atoms with Crippen molar-refractivity contribution in [1.29, 1.82) is 0 Å². The van der Waals surface area contributed by atoms with Crippen LogP contribution in [0.15, 0.2) is 40.8 Å². The van der Waals surface area contributed by atoms with Crippen molar-refractivity contribution in [3.05, 3.63) is 57.1 Å². The predicted octanol–water partition coefficient (Wildman–Crippen LogP) is 3.63. The van der Waals surface area contributed by atoms with E-state index in [-0.39, 0.29) is 5.91 Å². The highest BCUT2D eigenvalue weighted by Gasteiger charge is 2.13. The molecule has 0 spiro atoms. The molecule has 0 aliphatic heterocycles. The number of hydrogen-bond donors (Lipinski definition) is 1. The van der Waals surface area contributed by atoms with Crippen molar-refractivity contribution in [3.63, 3.8) is 0 Å². The second-order valence-electron chi connectivity index (χ2n) is 4.51. The summed E-state index contributed by atoms with van der Waals surface area (Å²) >= 11 is 2.04. The first-order valence-corrected chi connectivity index (χ1v) is 7.51. The normalized spacial score (nSPS) is 10.7. The van der Waals surface area contributed by atoms with Crippen LogP contribution in [0.1, 0.15) is 21.7 Å². The van der Waals surface area contributed by atoms with Crippen molar-refractivity contribution in [2.75, 3.05) is 12.4 Å². The van der Waals surface area contributed by atoms with E-state index in [1.807, 2.05) is 29.5 Å². The zero-order chi connectivity index (χ0) is 16.1. The number of halogens is 1. The Kier molecular flexibility index (Phi) is 5.37. The molecular formula is C16H14INO4. The molecule has 1 heterocycles. The maximum absolute atomic E-state index is 11.9. The fourth-order valence-electron chi connectivity index (χ4n) is 1.80. The number of carbonyl (C=O) groups excluding carboxylic acids is 2. The fraction of sp³-hybridized carbons (Fsp3) is 0.125. The van der Waals surface area contributed by atoms with Crippen LogP contribution in [0.5, 0.6) is 0 Å². The van der Waals surface area contributed by atoms with Gasteiger partial charge in [-0.2, -0.15) is 0 Å². The SMILES string of the molecule is COC(=O)c1cc(C)ccc1NC(=O)/C=C/c1ccc(I)o1. The summed E-state index contributed by atoms with van der Waals surface area (Å²) in [6.45, 7) is 1.86. The van der Waals surface area contributed by atoms with Crippen LogP contribution < -0.4 is 5.32 Å². The van der Waals surface area contributed by atoms with E-state index in [9.17, 15) is 9.59 Å². The third kappa shape index (κ3) is 4.20. The van der Waals surface area contributed by atoms with Crippen LogP contribution in [0.4, 0.5) is 5.69 Å². The van der Waals surface area contributed by atoms with Gasteiger partial charge in [-0.05, 0) is 59.9 Å². The number of hydrogen-bond acceptors (Lipinski definition) is 4. The number of carbonyl (C=O) groups is 2. The Labute approximate surface area is 141 Å². The largest absolute Gasteiger partial charge is 0.465 e.